The Morgan fingerprint density at radius 2 is 2.00 bits per heavy atom. The molecular weight excluding hydrogens is 306 g/mol. The van der Waals surface area contributed by atoms with Gasteiger partial charge in [0, 0.05) is 13.1 Å². The minimum Gasteiger partial charge on any atom is -0.388 e. The second-order valence-electron chi connectivity index (χ2n) is 7.17. The maximum Gasteiger partial charge on any atom is 0.248 e. The molecule has 1 aromatic carbocycles. The Kier molecular flexibility index (Phi) is 4.60. The molecule has 2 aliphatic rings. The van der Waals surface area contributed by atoms with Gasteiger partial charge in [-0.05, 0) is 17.9 Å². The molecule has 0 unspecified atom stereocenters. The van der Waals surface area contributed by atoms with E-state index in [-0.39, 0.29) is 29.7 Å². The third-order valence-corrected chi connectivity index (χ3v) is 5.11. The summed E-state index contributed by atoms with van der Waals surface area (Å²) in [6.07, 6.45) is -0.572. The summed E-state index contributed by atoms with van der Waals surface area (Å²) < 4.78 is 0. The van der Waals surface area contributed by atoms with E-state index in [0.717, 1.165) is 5.56 Å². The Labute approximate surface area is 142 Å². The van der Waals surface area contributed by atoms with Crippen LogP contribution in [0.25, 0.3) is 0 Å². The van der Waals surface area contributed by atoms with Crippen LogP contribution in [-0.4, -0.2) is 41.2 Å². The zero-order valence-corrected chi connectivity index (χ0v) is 14.1. The lowest BCUT2D eigenvalue weighted by molar-refractivity contribution is -0.129. The van der Waals surface area contributed by atoms with Crippen molar-refractivity contribution in [3.05, 3.63) is 35.9 Å². The largest absolute Gasteiger partial charge is 0.388 e. The Balaban J connectivity index is 1.62. The van der Waals surface area contributed by atoms with Crippen LogP contribution in [0.3, 0.4) is 0 Å². The van der Waals surface area contributed by atoms with Crippen molar-refractivity contribution in [2.75, 3.05) is 6.54 Å². The molecule has 1 spiro atoms. The smallest absolute Gasteiger partial charge is 0.248 e. The number of rotatable bonds is 5. The Morgan fingerprint density at radius 1 is 1.29 bits per heavy atom. The number of benzene rings is 1. The number of nitrogens with one attached hydrogen (secondary N) is 3. The Hall–Kier alpha value is -1.92. The highest BCUT2D eigenvalue weighted by Gasteiger charge is 2.60. The number of hydrogen-bond donors (Lipinski definition) is 4. The monoisotopic (exact) mass is 331 g/mol. The minimum atomic E-state index is -1.18. The molecule has 0 aliphatic carbocycles. The topological polar surface area (TPSA) is 90.5 Å². The first-order valence-corrected chi connectivity index (χ1v) is 8.50. The van der Waals surface area contributed by atoms with Crippen LogP contribution in [-0.2, 0) is 16.1 Å². The summed E-state index contributed by atoms with van der Waals surface area (Å²) in [7, 11) is 0. The maximum absolute atomic E-state index is 12.4. The maximum atomic E-state index is 12.4. The van der Waals surface area contributed by atoms with Crippen LogP contribution >= 0.6 is 0 Å². The van der Waals surface area contributed by atoms with Gasteiger partial charge in [-0.25, -0.2) is 0 Å². The molecule has 4 N–H and O–H groups in total. The van der Waals surface area contributed by atoms with Gasteiger partial charge in [-0.15, -0.1) is 0 Å². The number of aliphatic hydroxyl groups is 1. The van der Waals surface area contributed by atoms with Gasteiger partial charge < -0.3 is 21.1 Å². The summed E-state index contributed by atoms with van der Waals surface area (Å²) in [5, 5.41) is 19.5. The number of hydrogen-bond acceptors (Lipinski definition) is 4. The summed E-state index contributed by atoms with van der Waals surface area (Å²) >= 11 is 0. The molecule has 2 fully saturated rings. The molecule has 3 rings (SSSR count). The van der Waals surface area contributed by atoms with Crippen LogP contribution < -0.4 is 16.0 Å². The first-order chi connectivity index (χ1) is 11.4. The van der Waals surface area contributed by atoms with Crippen molar-refractivity contribution in [2.45, 2.75) is 44.5 Å². The van der Waals surface area contributed by atoms with E-state index < -0.39 is 11.6 Å². The number of carbonyl (C=O) groups excluding carboxylic acids is 2. The van der Waals surface area contributed by atoms with E-state index in [4.69, 9.17) is 0 Å². The lowest BCUT2D eigenvalue weighted by Crippen LogP contribution is -2.55. The highest BCUT2D eigenvalue weighted by Crippen LogP contribution is 2.35. The van der Waals surface area contributed by atoms with Crippen molar-refractivity contribution >= 4 is 11.8 Å². The Morgan fingerprint density at radius 3 is 2.62 bits per heavy atom. The molecule has 0 radical (unpaired) electrons. The third kappa shape index (κ3) is 2.91. The van der Waals surface area contributed by atoms with E-state index in [0.29, 0.717) is 19.5 Å². The van der Waals surface area contributed by atoms with E-state index in [1.807, 2.05) is 44.2 Å². The fourth-order valence-electron chi connectivity index (χ4n) is 3.68. The molecule has 2 saturated heterocycles. The van der Waals surface area contributed by atoms with E-state index in [9.17, 15) is 14.7 Å². The summed E-state index contributed by atoms with van der Waals surface area (Å²) in [6.45, 7) is 5.04. The second-order valence-corrected chi connectivity index (χ2v) is 7.17. The quantitative estimate of drug-likeness (QED) is 0.619. The lowest BCUT2D eigenvalue weighted by Gasteiger charge is -2.27. The molecule has 0 aromatic heterocycles. The Bertz CT molecular complexity index is 619. The van der Waals surface area contributed by atoms with Gasteiger partial charge in [0.15, 0.2) is 0 Å². The predicted molar refractivity (Wildman–Crippen MR) is 89.9 cm³/mol. The van der Waals surface area contributed by atoms with Crippen molar-refractivity contribution < 1.29 is 14.7 Å². The number of aliphatic hydroxyl groups excluding tert-OH is 1. The summed E-state index contributed by atoms with van der Waals surface area (Å²) in [5.74, 6) is -0.655. The molecule has 0 saturated carbocycles. The normalized spacial score (nSPS) is 32.4. The molecule has 2 amide bonds. The van der Waals surface area contributed by atoms with Gasteiger partial charge in [-0.2, -0.15) is 0 Å². The van der Waals surface area contributed by atoms with Crippen LogP contribution in [0.2, 0.25) is 0 Å². The molecule has 130 valence electrons. The van der Waals surface area contributed by atoms with Crippen LogP contribution in [0.5, 0.6) is 0 Å². The summed E-state index contributed by atoms with van der Waals surface area (Å²) in [5.41, 5.74) is -0.0328. The zero-order chi connectivity index (χ0) is 17.3. The molecule has 24 heavy (non-hydrogen) atoms. The van der Waals surface area contributed by atoms with E-state index in [1.54, 1.807) is 0 Å². The molecule has 6 nitrogen and oxygen atoms in total. The van der Waals surface area contributed by atoms with Crippen LogP contribution in [0.4, 0.5) is 0 Å². The number of amides is 2. The average molecular weight is 331 g/mol. The van der Waals surface area contributed by atoms with E-state index in [1.165, 1.54) is 0 Å². The molecule has 2 aliphatic heterocycles. The lowest BCUT2D eigenvalue weighted by atomic mass is 9.84. The van der Waals surface area contributed by atoms with Gasteiger partial charge in [0.1, 0.15) is 11.6 Å². The first-order valence-electron chi connectivity index (χ1n) is 8.50. The standard InChI is InChI=1S/C18H25N3O3/c1-11(2)14-15(22)18(17(24)20-14)8-13(16(23)21-18)10-19-9-12-6-4-3-5-7-12/h3-7,11,13-15,19,22H,8-10H2,1-2H3,(H,20,24)(H,21,23)/t13-,14+,15-,18+/m1/s1. The van der Waals surface area contributed by atoms with Gasteiger partial charge in [0.2, 0.25) is 11.8 Å². The SMILES string of the molecule is CC(C)[C@@H]1NC(=O)[C@]2(C[C@H](CNCc3ccccc3)C(=O)N2)[C@@H]1O. The molecule has 0 bridgehead atoms. The van der Waals surface area contributed by atoms with Crippen LogP contribution in [0.1, 0.15) is 25.8 Å². The molecule has 4 atom stereocenters. The van der Waals surface area contributed by atoms with E-state index >= 15 is 0 Å². The predicted octanol–water partition coefficient (Wildman–Crippen LogP) is 0.166. The van der Waals surface area contributed by atoms with Crippen LogP contribution in [0.15, 0.2) is 30.3 Å². The van der Waals surface area contributed by atoms with Gasteiger partial charge >= 0.3 is 0 Å². The fourth-order valence-corrected chi connectivity index (χ4v) is 3.68. The average Bonchev–Trinajstić information content (AvgIpc) is 3.01. The van der Waals surface area contributed by atoms with Crippen molar-refractivity contribution in [1.29, 1.82) is 0 Å². The number of carbonyl (C=O) groups is 2. The minimum absolute atomic E-state index is 0.107. The van der Waals surface area contributed by atoms with Crippen LogP contribution in [0, 0.1) is 11.8 Å². The van der Waals surface area contributed by atoms with Crippen molar-refractivity contribution in [1.82, 2.24) is 16.0 Å². The van der Waals surface area contributed by atoms with Gasteiger partial charge in [-0.3, -0.25) is 9.59 Å². The third-order valence-electron chi connectivity index (χ3n) is 5.11. The molecule has 6 heteroatoms. The summed E-state index contributed by atoms with van der Waals surface area (Å²) in [4.78, 5) is 24.7. The van der Waals surface area contributed by atoms with Gasteiger partial charge in [0.25, 0.3) is 0 Å². The van der Waals surface area contributed by atoms with E-state index in [2.05, 4.69) is 16.0 Å². The highest BCUT2D eigenvalue weighted by molar-refractivity contribution is 5.98. The van der Waals surface area contributed by atoms with Gasteiger partial charge in [0.05, 0.1) is 12.0 Å². The fraction of sp³-hybridized carbons (Fsp3) is 0.556. The molecule has 2 heterocycles. The molecular formula is C18H25N3O3. The molecule has 1 aromatic rings. The van der Waals surface area contributed by atoms with Crippen molar-refractivity contribution in [2.24, 2.45) is 11.8 Å². The second kappa shape index (κ2) is 6.53. The van der Waals surface area contributed by atoms with Gasteiger partial charge in [-0.1, -0.05) is 44.2 Å². The van der Waals surface area contributed by atoms with Crippen molar-refractivity contribution in [3.63, 3.8) is 0 Å². The zero-order valence-electron chi connectivity index (χ0n) is 14.1. The summed E-state index contributed by atoms with van der Waals surface area (Å²) in [6, 6.07) is 9.62. The highest BCUT2D eigenvalue weighted by atomic mass is 16.3. The first kappa shape index (κ1) is 16.9. The van der Waals surface area contributed by atoms with Crippen molar-refractivity contribution in [3.8, 4) is 0 Å².